The molecule has 0 amide bonds. The van der Waals surface area contributed by atoms with Gasteiger partial charge in [0.15, 0.2) is 0 Å². The maximum atomic E-state index is 2.51. The van der Waals surface area contributed by atoms with Gasteiger partial charge in [-0.1, -0.05) is 0 Å². The first-order valence-electron chi connectivity index (χ1n) is 2.54. The fourth-order valence-electron chi connectivity index (χ4n) is 0.545. The van der Waals surface area contributed by atoms with Crippen molar-refractivity contribution in [2.24, 2.45) is 0 Å². The van der Waals surface area contributed by atoms with Crippen LogP contribution in [-0.4, -0.2) is 16.0 Å². The van der Waals surface area contributed by atoms with Crippen molar-refractivity contribution in [3.05, 3.63) is 29.8 Å². The number of hydrogen-bond acceptors (Lipinski definition) is 0. The summed E-state index contributed by atoms with van der Waals surface area (Å²) in [4.78, 5) is 0. The van der Waals surface area contributed by atoms with E-state index < -0.39 is 0 Å². The molecule has 0 nitrogen and oxygen atoms in total. The van der Waals surface area contributed by atoms with Gasteiger partial charge in [-0.25, -0.2) is 0 Å². The standard InChI is InChI=1S/C7H8Se.Na.H/c1-6-2-4-7(8)5-3-6;;/h2-5,8H,1H3;;/q;+1;-1. The second-order valence-electron chi connectivity index (χ2n) is 1.84. The molecule has 0 saturated carbocycles. The Morgan fingerprint density at radius 1 is 1.22 bits per heavy atom. The zero-order valence-electron chi connectivity index (χ0n) is 6.76. The summed E-state index contributed by atoms with van der Waals surface area (Å²) in [5.74, 6) is 0. The van der Waals surface area contributed by atoms with Crippen molar-refractivity contribution in [1.29, 1.82) is 0 Å². The van der Waals surface area contributed by atoms with Crippen molar-refractivity contribution in [3.8, 4) is 0 Å². The van der Waals surface area contributed by atoms with Crippen LogP contribution < -0.4 is 34.0 Å². The van der Waals surface area contributed by atoms with Gasteiger partial charge in [0.25, 0.3) is 0 Å². The van der Waals surface area contributed by atoms with Crippen LogP contribution in [0.25, 0.3) is 0 Å². The molecule has 0 N–H and O–H groups in total. The van der Waals surface area contributed by atoms with E-state index in [9.17, 15) is 0 Å². The first kappa shape index (κ1) is 9.74. The fourth-order valence-corrected chi connectivity index (χ4v) is 0.858. The molecule has 0 fully saturated rings. The average Bonchev–Trinajstić information content (AvgIpc) is 1.77. The quantitative estimate of drug-likeness (QED) is 0.406. The minimum absolute atomic E-state index is 0. The summed E-state index contributed by atoms with van der Waals surface area (Å²) in [7, 11) is 0. The summed E-state index contributed by atoms with van der Waals surface area (Å²) < 4.78 is 1.27. The first-order valence-corrected chi connectivity index (χ1v) is 3.48. The predicted octanol–water partition coefficient (Wildman–Crippen LogP) is -2.36. The predicted molar refractivity (Wildman–Crippen MR) is 39.1 cm³/mol. The van der Waals surface area contributed by atoms with Crippen molar-refractivity contribution in [3.63, 3.8) is 0 Å². The zero-order chi connectivity index (χ0) is 5.98. The maximum Gasteiger partial charge on any atom is 1.00 e. The molecule has 44 valence electrons. The van der Waals surface area contributed by atoms with Crippen molar-refractivity contribution < 1.29 is 31.0 Å². The van der Waals surface area contributed by atoms with Crippen LogP contribution in [-0.2, 0) is 0 Å². The van der Waals surface area contributed by atoms with Gasteiger partial charge >= 0.3 is 86.8 Å². The van der Waals surface area contributed by atoms with Gasteiger partial charge in [0.2, 0.25) is 0 Å². The van der Waals surface area contributed by atoms with Crippen molar-refractivity contribution >= 4 is 20.5 Å². The van der Waals surface area contributed by atoms with E-state index in [0.717, 1.165) is 0 Å². The third-order valence-electron chi connectivity index (χ3n) is 1.03. The molecule has 0 spiro atoms. The maximum absolute atomic E-state index is 2.51. The summed E-state index contributed by atoms with van der Waals surface area (Å²) in [6.45, 7) is 2.09. The molecule has 0 atom stereocenters. The van der Waals surface area contributed by atoms with Crippen LogP contribution in [0.15, 0.2) is 24.3 Å². The van der Waals surface area contributed by atoms with E-state index in [1.807, 2.05) is 0 Å². The van der Waals surface area contributed by atoms with Crippen LogP contribution in [0.5, 0.6) is 0 Å². The summed E-state index contributed by atoms with van der Waals surface area (Å²) in [6.07, 6.45) is 0. The molecule has 0 aliphatic carbocycles. The van der Waals surface area contributed by atoms with E-state index in [4.69, 9.17) is 0 Å². The molecule has 9 heavy (non-hydrogen) atoms. The molecule has 0 aliphatic heterocycles. The van der Waals surface area contributed by atoms with E-state index in [1.165, 1.54) is 10.0 Å². The Kier molecular flexibility index (Phi) is 4.91. The molecule has 0 aliphatic rings. The number of hydrogen-bond donors (Lipinski definition) is 0. The third kappa shape index (κ3) is 3.44. The van der Waals surface area contributed by atoms with Gasteiger partial charge in [-0.05, 0) is 0 Å². The minimum atomic E-state index is 0. The van der Waals surface area contributed by atoms with Gasteiger partial charge in [0.1, 0.15) is 0 Å². The van der Waals surface area contributed by atoms with E-state index in [-0.39, 0.29) is 31.0 Å². The Labute approximate surface area is 87.6 Å². The Morgan fingerprint density at radius 3 is 2.00 bits per heavy atom. The molecule has 1 rings (SSSR count). The Morgan fingerprint density at radius 2 is 1.67 bits per heavy atom. The summed E-state index contributed by atoms with van der Waals surface area (Å²) in [6, 6.07) is 8.39. The largest absolute Gasteiger partial charge is 1.00 e. The number of rotatable bonds is 0. The molecular formula is C7H9NaSe. The molecule has 0 radical (unpaired) electrons. The van der Waals surface area contributed by atoms with Crippen molar-refractivity contribution in [2.45, 2.75) is 6.92 Å². The van der Waals surface area contributed by atoms with Crippen molar-refractivity contribution in [2.75, 3.05) is 0 Å². The Hall–Kier alpha value is 0.739. The van der Waals surface area contributed by atoms with Gasteiger partial charge in [0, 0.05) is 0 Å². The number of benzene rings is 1. The molecular weight excluding hydrogens is 186 g/mol. The normalized spacial score (nSPS) is 8.22. The van der Waals surface area contributed by atoms with E-state index >= 15 is 0 Å². The van der Waals surface area contributed by atoms with Crippen LogP contribution >= 0.6 is 0 Å². The molecule has 2 heteroatoms. The van der Waals surface area contributed by atoms with Crippen LogP contribution in [0.1, 0.15) is 6.99 Å². The van der Waals surface area contributed by atoms with Gasteiger partial charge in [-0.15, -0.1) is 0 Å². The van der Waals surface area contributed by atoms with Crippen LogP contribution in [0.2, 0.25) is 0 Å². The Bertz CT molecular complexity index is 152. The molecule has 0 bridgehead atoms. The Balaban J connectivity index is 0. The van der Waals surface area contributed by atoms with Gasteiger partial charge in [-0.3, -0.25) is 0 Å². The zero-order valence-corrected chi connectivity index (χ0v) is 9.63. The summed E-state index contributed by atoms with van der Waals surface area (Å²) in [5, 5.41) is 0. The van der Waals surface area contributed by atoms with Gasteiger partial charge < -0.3 is 1.43 Å². The van der Waals surface area contributed by atoms with Gasteiger partial charge in [0.05, 0.1) is 0 Å². The summed E-state index contributed by atoms with van der Waals surface area (Å²) in [5.41, 5.74) is 1.32. The topological polar surface area (TPSA) is 0 Å². The molecule has 1 aromatic rings. The van der Waals surface area contributed by atoms with Crippen molar-refractivity contribution in [1.82, 2.24) is 0 Å². The van der Waals surface area contributed by atoms with E-state index in [1.54, 1.807) is 0 Å². The average molecular weight is 195 g/mol. The van der Waals surface area contributed by atoms with Gasteiger partial charge in [-0.2, -0.15) is 0 Å². The van der Waals surface area contributed by atoms with Crippen LogP contribution in [0.3, 0.4) is 0 Å². The fraction of sp³-hybridized carbons (Fsp3) is 0.143. The molecule has 1 aromatic carbocycles. The van der Waals surface area contributed by atoms with E-state index in [0.29, 0.717) is 0 Å². The minimum Gasteiger partial charge on any atom is -1.00 e. The first-order chi connectivity index (χ1) is 3.79. The number of aryl methyl sites for hydroxylation is 1. The SMILES string of the molecule is Cc1ccc([SeH])cc1.[H-].[Na+]. The molecule has 0 unspecified atom stereocenters. The monoisotopic (exact) mass is 196 g/mol. The third-order valence-corrected chi connectivity index (χ3v) is 1.66. The summed E-state index contributed by atoms with van der Waals surface area (Å²) >= 11 is 2.51. The smallest absolute Gasteiger partial charge is 1.00 e. The van der Waals surface area contributed by atoms with Crippen LogP contribution in [0.4, 0.5) is 0 Å². The second-order valence-corrected chi connectivity index (χ2v) is 2.92. The van der Waals surface area contributed by atoms with Crippen LogP contribution in [0, 0.1) is 6.92 Å². The molecule has 0 aromatic heterocycles. The second kappa shape index (κ2) is 4.54. The molecule has 0 saturated heterocycles. The van der Waals surface area contributed by atoms with E-state index in [2.05, 4.69) is 47.2 Å². The molecule has 0 heterocycles.